The van der Waals surface area contributed by atoms with Crippen molar-refractivity contribution in [3.63, 3.8) is 0 Å². The van der Waals surface area contributed by atoms with Crippen LogP contribution in [0.3, 0.4) is 0 Å². The number of halogens is 3. The molecule has 0 aliphatic rings. The van der Waals surface area contributed by atoms with Crippen LogP contribution in [0.15, 0.2) is 34.9 Å². The summed E-state index contributed by atoms with van der Waals surface area (Å²) >= 11 is 0. The molecule has 2 heterocycles. The van der Waals surface area contributed by atoms with E-state index in [0.29, 0.717) is 18.3 Å². The van der Waals surface area contributed by atoms with Crippen molar-refractivity contribution in [2.24, 2.45) is 0 Å². The van der Waals surface area contributed by atoms with Gasteiger partial charge < -0.3 is 19.8 Å². The van der Waals surface area contributed by atoms with Crippen LogP contribution in [0.4, 0.5) is 18.9 Å². The quantitative estimate of drug-likeness (QED) is 0.230. The molecule has 0 unspecified atom stereocenters. The second kappa shape index (κ2) is 6.12. The molecule has 0 aliphatic heterocycles. The number of aromatic hydroxyl groups is 2. The first-order valence-electron chi connectivity index (χ1n) is 6.93. The van der Waals surface area contributed by atoms with Crippen molar-refractivity contribution >= 4 is 5.69 Å². The third kappa shape index (κ3) is 3.29. The summed E-state index contributed by atoms with van der Waals surface area (Å²) in [6.45, 7) is 0. The maximum absolute atomic E-state index is 12.8. The van der Waals surface area contributed by atoms with E-state index in [4.69, 9.17) is 4.42 Å². The summed E-state index contributed by atoms with van der Waals surface area (Å²) < 4.78 is 43.6. The lowest BCUT2D eigenvalue weighted by molar-refractivity contribution is -0.594. The van der Waals surface area contributed by atoms with Crippen molar-refractivity contribution in [3.8, 4) is 34.5 Å². The number of nitrogens with zero attached hydrogens (tertiary/aromatic N) is 4. The number of phenolic OH excluding ortho intramolecular Hbond substituents is 2. The molecule has 0 aliphatic carbocycles. The highest BCUT2D eigenvalue weighted by Gasteiger charge is 2.33. The zero-order chi connectivity index (χ0) is 19.9. The second-order valence-corrected chi connectivity index (χ2v) is 5.16. The van der Waals surface area contributed by atoms with Gasteiger partial charge in [0, 0.05) is 23.8 Å². The van der Waals surface area contributed by atoms with Crippen molar-refractivity contribution in [2.75, 3.05) is 0 Å². The molecule has 2 N–H and O–H groups in total. The average Bonchev–Trinajstić information content (AvgIpc) is 3.06. The molecule has 140 valence electrons. The number of hydrogen-bond acceptors (Lipinski definition) is 8. The molecule has 0 spiro atoms. The lowest BCUT2D eigenvalue weighted by Crippen LogP contribution is -2.29. The lowest BCUT2D eigenvalue weighted by atomic mass is 10.1. The summed E-state index contributed by atoms with van der Waals surface area (Å²) in [7, 11) is 0. The molecule has 0 bridgehead atoms. The standard InChI is InChI=1S/C14H7F3N4O6/c15-14(16,17)7-1-2-20(24)9(5-7)13-19-18-12(27-13)6-3-8(21(25)26)11(23)10(22)4-6/h1-5,22-23H. The van der Waals surface area contributed by atoms with E-state index in [-0.39, 0.29) is 10.3 Å². The predicted molar refractivity (Wildman–Crippen MR) is 79.1 cm³/mol. The van der Waals surface area contributed by atoms with E-state index in [1.165, 1.54) is 0 Å². The summed E-state index contributed by atoms with van der Waals surface area (Å²) in [6, 6.07) is 2.75. The zero-order valence-electron chi connectivity index (χ0n) is 12.8. The van der Waals surface area contributed by atoms with Crippen molar-refractivity contribution in [1.29, 1.82) is 0 Å². The van der Waals surface area contributed by atoms with Crippen molar-refractivity contribution < 1.29 is 37.5 Å². The van der Waals surface area contributed by atoms with Gasteiger partial charge in [-0.15, -0.1) is 10.2 Å². The van der Waals surface area contributed by atoms with Crippen LogP contribution in [0.2, 0.25) is 0 Å². The molecule has 0 fully saturated rings. The molecule has 13 heteroatoms. The fourth-order valence-corrected chi connectivity index (χ4v) is 2.13. The Morgan fingerprint density at radius 2 is 1.81 bits per heavy atom. The van der Waals surface area contributed by atoms with Gasteiger partial charge in [0.15, 0.2) is 11.9 Å². The molecule has 0 atom stereocenters. The van der Waals surface area contributed by atoms with Gasteiger partial charge in [0.1, 0.15) is 0 Å². The average molecular weight is 384 g/mol. The fraction of sp³-hybridized carbons (Fsp3) is 0.0714. The van der Waals surface area contributed by atoms with E-state index in [1.54, 1.807) is 0 Å². The number of aromatic nitrogens is 3. The minimum absolute atomic E-state index is 0.0727. The van der Waals surface area contributed by atoms with Crippen LogP contribution in [0, 0.1) is 15.3 Å². The van der Waals surface area contributed by atoms with Crippen LogP contribution in [-0.4, -0.2) is 25.3 Å². The number of phenols is 2. The summed E-state index contributed by atoms with van der Waals surface area (Å²) in [4.78, 5) is 9.90. The molecule has 10 nitrogen and oxygen atoms in total. The Morgan fingerprint density at radius 1 is 1.15 bits per heavy atom. The number of nitro benzene ring substituents is 1. The summed E-state index contributed by atoms with van der Waals surface area (Å²) in [6.07, 6.45) is -4.10. The molecular formula is C14H7F3N4O6. The van der Waals surface area contributed by atoms with Crippen LogP contribution in [0.25, 0.3) is 23.0 Å². The first-order chi connectivity index (χ1) is 12.6. The van der Waals surface area contributed by atoms with E-state index >= 15 is 0 Å². The minimum atomic E-state index is -4.71. The molecule has 27 heavy (non-hydrogen) atoms. The predicted octanol–water partition coefficient (Wildman–Crippen LogP) is 2.38. The Kier molecular flexibility index (Phi) is 4.06. The molecule has 0 amide bonds. The molecule has 3 rings (SSSR count). The molecule has 0 radical (unpaired) electrons. The lowest BCUT2D eigenvalue weighted by Gasteiger charge is -2.07. The largest absolute Gasteiger partial charge is 0.618 e. The van der Waals surface area contributed by atoms with E-state index in [1.807, 2.05) is 0 Å². The van der Waals surface area contributed by atoms with Crippen LogP contribution >= 0.6 is 0 Å². The smallest absolute Gasteiger partial charge is 0.416 e. The molecule has 3 aromatic rings. The Morgan fingerprint density at radius 3 is 2.44 bits per heavy atom. The van der Waals surface area contributed by atoms with Crippen molar-refractivity contribution in [3.05, 3.63) is 51.3 Å². The van der Waals surface area contributed by atoms with Crippen LogP contribution in [0.5, 0.6) is 11.5 Å². The van der Waals surface area contributed by atoms with Crippen molar-refractivity contribution in [1.82, 2.24) is 10.2 Å². The van der Waals surface area contributed by atoms with E-state index in [0.717, 1.165) is 12.1 Å². The van der Waals surface area contributed by atoms with Gasteiger partial charge in [0.25, 0.3) is 5.69 Å². The van der Waals surface area contributed by atoms with Gasteiger partial charge in [-0.1, -0.05) is 0 Å². The number of rotatable bonds is 3. The van der Waals surface area contributed by atoms with Gasteiger partial charge >= 0.3 is 17.8 Å². The van der Waals surface area contributed by atoms with Crippen LogP contribution in [0.1, 0.15) is 5.56 Å². The number of alkyl halides is 3. The highest BCUT2D eigenvalue weighted by molar-refractivity contribution is 5.67. The Hall–Kier alpha value is -3.90. The Labute approximate surface area is 146 Å². The third-order valence-corrected chi connectivity index (χ3v) is 3.40. The topological polar surface area (TPSA) is 149 Å². The SMILES string of the molecule is O=[N+]([O-])c1cc(-c2nnc(-c3cc(C(F)(F)F)cc[n+]3[O-])o2)cc(O)c1O. The fourth-order valence-electron chi connectivity index (χ4n) is 2.13. The Bertz CT molecular complexity index is 1050. The van der Waals surface area contributed by atoms with Gasteiger partial charge in [0.05, 0.1) is 10.5 Å². The van der Waals surface area contributed by atoms with Gasteiger partial charge in [0.2, 0.25) is 11.6 Å². The Balaban J connectivity index is 2.08. The first-order valence-corrected chi connectivity index (χ1v) is 6.93. The monoisotopic (exact) mass is 384 g/mol. The molecule has 0 saturated heterocycles. The maximum atomic E-state index is 12.8. The zero-order valence-corrected chi connectivity index (χ0v) is 12.8. The minimum Gasteiger partial charge on any atom is -0.618 e. The second-order valence-electron chi connectivity index (χ2n) is 5.16. The van der Waals surface area contributed by atoms with Crippen molar-refractivity contribution in [2.45, 2.75) is 6.18 Å². The number of nitro groups is 1. The van der Waals surface area contributed by atoms with Crippen LogP contribution in [-0.2, 0) is 6.18 Å². The summed E-state index contributed by atoms with van der Waals surface area (Å²) in [5.41, 5.74) is -2.77. The normalized spacial score (nSPS) is 11.5. The van der Waals surface area contributed by atoms with Gasteiger partial charge in [-0.25, -0.2) is 0 Å². The number of benzene rings is 1. The summed E-state index contributed by atoms with van der Waals surface area (Å²) in [5.74, 6) is -2.85. The highest BCUT2D eigenvalue weighted by atomic mass is 19.4. The highest BCUT2D eigenvalue weighted by Crippen LogP contribution is 2.39. The van der Waals surface area contributed by atoms with Gasteiger partial charge in [-0.3, -0.25) is 10.1 Å². The first kappa shape index (κ1) is 17.9. The van der Waals surface area contributed by atoms with E-state index < -0.39 is 51.3 Å². The third-order valence-electron chi connectivity index (χ3n) is 3.40. The van der Waals surface area contributed by atoms with Crippen LogP contribution < -0.4 is 4.73 Å². The molecule has 2 aromatic heterocycles. The van der Waals surface area contributed by atoms with Gasteiger partial charge in [-0.05, 0) is 6.07 Å². The summed E-state index contributed by atoms with van der Waals surface area (Å²) in [5, 5.41) is 48.6. The number of pyridine rings is 1. The molecule has 0 saturated carbocycles. The van der Waals surface area contributed by atoms with E-state index in [2.05, 4.69) is 10.2 Å². The maximum Gasteiger partial charge on any atom is 0.416 e. The van der Waals surface area contributed by atoms with E-state index in [9.17, 15) is 38.7 Å². The number of hydrogen-bond donors (Lipinski definition) is 2. The van der Waals surface area contributed by atoms with Gasteiger partial charge in [-0.2, -0.15) is 17.9 Å². The molecule has 1 aromatic carbocycles. The molecular weight excluding hydrogens is 377 g/mol.